The second kappa shape index (κ2) is 2.94. The summed E-state index contributed by atoms with van der Waals surface area (Å²) in [6.45, 7) is 0. The Kier molecular flexibility index (Phi) is 1.77. The van der Waals surface area contributed by atoms with Crippen molar-refractivity contribution < 1.29 is 4.74 Å². The molecule has 2 aromatic rings. The van der Waals surface area contributed by atoms with Crippen molar-refractivity contribution in [2.75, 3.05) is 12.8 Å². The summed E-state index contributed by atoms with van der Waals surface area (Å²) in [5.41, 5.74) is 7.21. The Bertz CT molecular complexity index is 440. The lowest BCUT2D eigenvalue weighted by atomic mass is 10.2. The van der Waals surface area contributed by atoms with Gasteiger partial charge in [0, 0.05) is 17.1 Å². The van der Waals surface area contributed by atoms with E-state index < -0.39 is 0 Å². The average molecular weight is 174 g/mol. The molecular weight excluding hydrogens is 164 g/mol. The Morgan fingerprint density at radius 3 is 2.77 bits per heavy atom. The molecule has 1 aromatic carbocycles. The van der Waals surface area contributed by atoms with Gasteiger partial charge in [-0.3, -0.25) is 0 Å². The fraction of sp³-hybridized carbons (Fsp3) is 0.100. The number of nitrogens with zero attached hydrogens (tertiary/aromatic N) is 1. The summed E-state index contributed by atoms with van der Waals surface area (Å²) in [6, 6.07) is 9.42. The lowest BCUT2D eigenvalue weighted by Crippen LogP contribution is -1.89. The van der Waals surface area contributed by atoms with E-state index in [1.54, 1.807) is 7.11 Å². The SMILES string of the molecule is COc1ccc2ccc(N)cc2n1. The Morgan fingerprint density at radius 2 is 2.00 bits per heavy atom. The van der Waals surface area contributed by atoms with Gasteiger partial charge in [-0.25, -0.2) is 4.98 Å². The Labute approximate surface area is 76.2 Å². The van der Waals surface area contributed by atoms with Crippen molar-refractivity contribution in [2.45, 2.75) is 0 Å². The maximum Gasteiger partial charge on any atom is 0.213 e. The van der Waals surface area contributed by atoms with Gasteiger partial charge in [0.05, 0.1) is 12.6 Å². The number of benzene rings is 1. The number of aromatic nitrogens is 1. The molecule has 0 saturated carbocycles. The number of pyridine rings is 1. The van der Waals surface area contributed by atoms with Gasteiger partial charge in [-0.2, -0.15) is 0 Å². The van der Waals surface area contributed by atoms with E-state index in [0.717, 1.165) is 10.9 Å². The molecule has 3 nitrogen and oxygen atoms in total. The summed E-state index contributed by atoms with van der Waals surface area (Å²) in [6.07, 6.45) is 0. The third-order valence-electron chi connectivity index (χ3n) is 1.90. The molecule has 0 aliphatic heterocycles. The number of nitrogens with two attached hydrogens (primary N) is 1. The van der Waals surface area contributed by atoms with Crippen LogP contribution in [-0.2, 0) is 0 Å². The molecule has 0 unspecified atom stereocenters. The molecule has 0 saturated heterocycles. The van der Waals surface area contributed by atoms with Gasteiger partial charge in [-0.15, -0.1) is 0 Å². The number of rotatable bonds is 1. The largest absolute Gasteiger partial charge is 0.481 e. The predicted molar refractivity (Wildman–Crippen MR) is 52.7 cm³/mol. The van der Waals surface area contributed by atoms with Crippen molar-refractivity contribution in [3.63, 3.8) is 0 Å². The van der Waals surface area contributed by atoms with Gasteiger partial charge < -0.3 is 10.5 Å². The van der Waals surface area contributed by atoms with E-state index in [2.05, 4.69) is 4.98 Å². The minimum atomic E-state index is 0.609. The number of hydrogen-bond donors (Lipinski definition) is 1. The van der Waals surface area contributed by atoms with E-state index >= 15 is 0 Å². The lowest BCUT2D eigenvalue weighted by molar-refractivity contribution is 0.399. The second-order valence-corrected chi connectivity index (χ2v) is 2.81. The third kappa shape index (κ3) is 1.40. The van der Waals surface area contributed by atoms with Crippen LogP contribution in [0.15, 0.2) is 30.3 Å². The summed E-state index contributed by atoms with van der Waals surface area (Å²) < 4.78 is 5.01. The zero-order valence-corrected chi connectivity index (χ0v) is 7.32. The minimum Gasteiger partial charge on any atom is -0.481 e. The van der Waals surface area contributed by atoms with Gasteiger partial charge in [0.2, 0.25) is 5.88 Å². The van der Waals surface area contributed by atoms with E-state index in [1.807, 2.05) is 30.3 Å². The number of fused-ring (bicyclic) bond motifs is 1. The molecule has 0 amide bonds. The number of nitrogen functional groups attached to an aromatic ring is 1. The Hall–Kier alpha value is -1.77. The highest BCUT2D eigenvalue weighted by Crippen LogP contribution is 2.18. The average Bonchev–Trinajstić information content (AvgIpc) is 2.16. The van der Waals surface area contributed by atoms with Crippen LogP contribution in [0.3, 0.4) is 0 Å². The monoisotopic (exact) mass is 174 g/mol. The van der Waals surface area contributed by atoms with Gasteiger partial charge in [0.15, 0.2) is 0 Å². The maximum absolute atomic E-state index is 5.63. The molecule has 0 spiro atoms. The van der Waals surface area contributed by atoms with Crippen LogP contribution in [0.2, 0.25) is 0 Å². The number of methoxy groups -OCH3 is 1. The van der Waals surface area contributed by atoms with Gasteiger partial charge in [-0.1, -0.05) is 6.07 Å². The van der Waals surface area contributed by atoms with Gasteiger partial charge in [0.25, 0.3) is 0 Å². The first kappa shape index (κ1) is 7.86. The van der Waals surface area contributed by atoms with Crippen LogP contribution in [0, 0.1) is 0 Å². The van der Waals surface area contributed by atoms with Crippen LogP contribution in [0.5, 0.6) is 5.88 Å². The fourth-order valence-corrected chi connectivity index (χ4v) is 1.23. The van der Waals surface area contributed by atoms with Crippen LogP contribution < -0.4 is 10.5 Å². The Balaban J connectivity index is 2.68. The summed E-state index contributed by atoms with van der Waals surface area (Å²) in [5.74, 6) is 0.609. The standard InChI is InChI=1S/C10H10N2O/c1-13-10-5-3-7-2-4-8(11)6-9(7)12-10/h2-6H,11H2,1H3. The molecule has 1 heterocycles. The molecule has 0 aliphatic rings. The van der Waals surface area contributed by atoms with Crippen LogP contribution in [0.25, 0.3) is 10.9 Å². The van der Waals surface area contributed by atoms with E-state index in [-0.39, 0.29) is 0 Å². The Morgan fingerprint density at radius 1 is 1.23 bits per heavy atom. The predicted octanol–water partition coefficient (Wildman–Crippen LogP) is 1.83. The van der Waals surface area contributed by atoms with Gasteiger partial charge >= 0.3 is 0 Å². The van der Waals surface area contributed by atoms with Crippen molar-refractivity contribution in [2.24, 2.45) is 0 Å². The maximum atomic E-state index is 5.63. The normalized spacial score (nSPS) is 10.2. The highest BCUT2D eigenvalue weighted by molar-refractivity contribution is 5.82. The van der Waals surface area contributed by atoms with Crippen LogP contribution in [0.4, 0.5) is 5.69 Å². The van der Waals surface area contributed by atoms with Gasteiger partial charge in [0.1, 0.15) is 0 Å². The van der Waals surface area contributed by atoms with Gasteiger partial charge in [-0.05, 0) is 18.2 Å². The van der Waals surface area contributed by atoms with E-state index in [9.17, 15) is 0 Å². The molecule has 2 rings (SSSR count). The molecule has 13 heavy (non-hydrogen) atoms. The quantitative estimate of drug-likeness (QED) is 0.671. The zero-order valence-electron chi connectivity index (χ0n) is 7.32. The molecule has 1 aromatic heterocycles. The lowest BCUT2D eigenvalue weighted by Gasteiger charge is -2.01. The van der Waals surface area contributed by atoms with E-state index in [1.165, 1.54) is 0 Å². The van der Waals surface area contributed by atoms with Crippen molar-refractivity contribution >= 4 is 16.6 Å². The fourth-order valence-electron chi connectivity index (χ4n) is 1.23. The molecule has 0 bridgehead atoms. The number of anilines is 1. The van der Waals surface area contributed by atoms with Crippen LogP contribution >= 0.6 is 0 Å². The summed E-state index contributed by atoms with van der Waals surface area (Å²) in [5, 5.41) is 1.06. The molecule has 2 N–H and O–H groups in total. The van der Waals surface area contributed by atoms with Crippen molar-refractivity contribution in [1.29, 1.82) is 0 Å². The minimum absolute atomic E-state index is 0.609. The summed E-state index contributed by atoms with van der Waals surface area (Å²) in [4.78, 5) is 4.25. The summed E-state index contributed by atoms with van der Waals surface area (Å²) in [7, 11) is 1.60. The summed E-state index contributed by atoms with van der Waals surface area (Å²) >= 11 is 0. The second-order valence-electron chi connectivity index (χ2n) is 2.81. The highest BCUT2D eigenvalue weighted by atomic mass is 16.5. The van der Waals surface area contributed by atoms with E-state index in [0.29, 0.717) is 11.6 Å². The van der Waals surface area contributed by atoms with Crippen LogP contribution in [0.1, 0.15) is 0 Å². The van der Waals surface area contributed by atoms with Crippen molar-refractivity contribution in [3.05, 3.63) is 30.3 Å². The van der Waals surface area contributed by atoms with Crippen molar-refractivity contribution in [3.8, 4) is 5.88 Å². The molecule has 3 heteroatoms. The number of ether oxygens (including phenoxy) is 1. The molecule has 0 aliphatic carbocycles. The van der Waals surface area contributed by atoms with Crippen LogP contribution in [-0.4, -0.2) is 12.1 Å². The smallest absolute Gasteiger partial charge is 0.213 e. The molecular formula is C10H10N2O. The van der Waals surface area contributed by atoms with E-state index in [4.69, 9.17) is 10.5 Å². The first-order valence-corrected chi connectivity index (χ1v) is 4.00. The highest BCUT2D eigenvalue weighted by Gasteiger charge is 1.97. The first-order valence-electron chi connectivity index (χ1n) is 4.00. The molecule has 0 fully saturated rings. The topological polar surface area (TPSA) is 48.1 Å². The molecule has 0 radical (unpaired) electrons. The molecule has 0 atom stereocenters. The molecule has 66 valence electrons. The van der Waals surface area contributed by atoms with Crippen molar-refractivity contribution in [1.82, 2.24) is 4.98 Å². The first-order chi connectivity index (χ1) is 6.29. The zero-order chi connectivity index (χ0) is 9.26. The third-order valence-corrected chi connectivity index (χ3v) is 1.90. The number of hydrogen-bond acceptors (Lipinski definition) is 3.